The Hall–Kier alpha value is -1.39. The Balaban J connectivity index is 2.73. The van der Waals surface area contributed by atoms with E-state index in [2.05, 4.69) is 5.32 Å². The van der Waals surface area contributed by atoms with E-state index in [0.717, 1.165) is 5.56 Å². The fourth-order valence-corrected chi connectivity index (χ4v) is 1.39. The van der Waals surface area contributed by atoms with Crippen LogP contribution < -0.4 is 5.32 Å². The minimum Gasteiger partial charge on any atom is -0.391 e. The molecule has 0 bridgehead atoms. The Morgan fingerprint density at radius 3 is 2.39 bits per heavy atom. The van der Waals surface area contributed by atoms with Crippen molar-refractivity contribution in [2.45, 2.75) is 39.0 Å². The number of aliphatic hydroxyl groups is 1. The molecule has 100 valence electrons. The predicted molar refractivity (Wildman–Crippen MR) is 70.4 cm³/mol. The van der Waals surface area contributed by atoms with Gasteiger partial charge >= 0.3 is 0 Å². The van der Waals surface area contributed by atoms with Crippen LogP contribution in [0.1, 0.15) is 36.7 Å². The SMILES string of the molecule is COCc1ccc(C(=O)NC(C)(C)C(C)O)cc1. The molecule has 1 rings (SSSR count). The van der Waals surface area contributed by atoms with Gasteiger partial charge in [-0.15, -0.1) is 0 Å². The van der Waals surface area contributed by atoms with E-state index < -0.39 is 11.6 Å². The maximum Gasteiger partial charge on any atom is 0.251 e. The first-order valence-electron chi connectivity index (χ1n) is 5.95. The van der Waals surface area contributed by atoms with E-state index in [-0.39, 0.29) is 5.91 Å². The predicted octanol–water partition coefficient (Wildman–Crippen LogP) is 1.72. The summed E-state index contributed by atoms with van der Waals surface area (Å²) < 4.78 is 5.01. The Labute approximate surface area is 108 Å². The van der Waals surface area contributed by atoms with Gasteiger partial charge in [-0.25, -0.2) is 0 Å². The first-order chi connectivity index (χ1) is 8.36. The number of ether oxygens (including phenoxy) is 1. The molecule has 0 heterocycles. The molecule has 0 aliphatic rings. The van der Waals surface area contributed by atoms with Crippen LogP contribution in [0.2, 0.25) is 0 Å². The van der Waals surface area contributed by atoms with Crippen molar-refractivity contribution in [3.8, 4) is 0 Å². The lowest BCUT2D eigenvalue weighted by molar-refractivity contribution is 0.0709. The molecule has 0 spiro atoms. The van der Waals surface area contributed by atoms with Crippen LogP contribution in [-0.2, 0) is 11.3 Å². The summed E-state index contributed by atoms with van der Waals surface area (Å²) in [5, 5.41) is 12.4. The third-order valence-electron chi connectivity index (χ3n) is 3.01. The lowest BCUT2D eigenvalue weighted by Crippen LogP contribution is -2.50. The minimum absolute atomic E-state index is 0.190. The molecular weight excluding hydrogens is 230 g/mol. The largest absolute Gasteiger partial charge is 0.391 e. The van der Waals surface area contributed by atoms with Gasteiger partial charge in [0.1, 0.15) is 0 Å². The van der Waals surface area contributed by atoms with Crippen LogP contribution in [0.15, 0.2) is 24.3 Å². The summed E-state index contributed by atoms with van der Waals surface area (Å²) in [5.41, 5.74) is 0.940. The number of aliphatic hydroxyl groups excluding tert-OH is 1. The molecule has 0 fully saturated rings. The van der Waals surface area contributed by atoms with Crippen LogP contribution in [0.4, 0.5) is 0 Å². The summed E-state index contributed by atoms with van der Waals surface area (Å²) in [6.45, 7) is 5.76. The van der Waals surface area contributed by atoms with Gasteiger partial charge in [0.05, 0.1) is 18.2 Å². The zero-order valence-corrected chi connectivity index (χ0v) is 11.4. The average Bonchev–Trinajstić information content (AvgIpc) is 2.29. The van der Waals surface area contributed by atoms with Crippen LogP contribution in [0.25, 0.3) is 0 Å². The number of benzene rings is 1. The fourth-order valence-electron chi connectivity index (χ4n) is 1.39. The molecule has 0 saturated carbocycles. The number of hydrogen-bond acceptors (Lipinski definition) is 3. The number of carbonyl (C=O) groups excluding carboxylic acids is 1. The molecule has 1 unspecified atom stereocenters. The summed E-state index contributed by atoms with van der Waals surface area (Å²) in [4.78, 5) is 12.0. The summed E-state index contributed by atoms with van der Waals surface area (Å²) >= 11 is 0. The number of hydrogen-bond donors (Lipinski definition) is 2. The Morgan fingerprint density at radius 1 is 1.39 bits per heavy atom. The van der Waals surface area contributed by atoms with Gasteiger partial charge in [-0.2, -0.15) is 0 Å². The highest BCUT2D eigenvalue weighted by Crippen LogP contribution is 2.11. The summed E-state index contributed by atoms with van der Waals surface area (Å²) in [5.74, 6) is -0.190. The highest BCUT2D eigenvalue weighted by Gasteiger charge is 2.26. The lowest BCUT2D eigenvalue weighted by atomic mass is 9.98. The number of nitrogens with one attached hydrogen (secondary N) is 1. The summed E-state index contributed by atoms with van der Waals surface area (Å²) in [7, 11) is 1.63. The quantitative estimate of drug-likeness (QED) is 0.837. The maximum absolute atomic E-state index is 12.0. The molecule has 0 radical (unpaired) electrons. The molecule has 4 heteroatoms. The molecular formula is C14H21NO3. The van der Waals surface area contributed by atoms with E-state index >= 15 is 0 Å². The molecule has 1 amide bonds. The van der Waals surface area contributed by atoms with Gasteiger partial charge in [-0.3, -0.25) is 4.79 Å². The van der Waals surface area contributed by atoms with Gasteiger partial charge in [0.2, 0.25) is 0 Å². The van der Waals surface area contributed by atoms with Gasteiger partial charge in [-0.05, 0) is 38.5 Å². The first-order valence-corrected chi connectivity index (χ1v) is 5.95. The average molecular weight is 251 g/mol. The van der Waals surface area contributed by atoms with Crippen LogP contribution in [-0.4, -0.2) is 29.8 Å². The Kier molecular flexibility index (Phi) is 4.87. The van der Waals surface area contributed by atoms with E-state index in [4.69, 9.17) is 4.74 Å². The zero-order chi connectivity index (χ0) is 13.8. The second-order valence-corrected chi connectivity index (χ2v) is 4.98. The normalized spacial score (nSPS) is 13.2. The van der Waals surface area contributed by atoms with Crippen LogP contribution >= 0.6 is 0 Å². The van der Waals surface area contributed by atoms with Crippen molar-refractivity contribution in [2.24, 2.45) is 0 Å². The molecule has 1 aromatic carbocycles. The highest BCUT2D eigenvalue weighted by atomic mass is 16.5. The third kappa shape index (κ3) is 3.82. The molecule has 2 N–H and O–H groups in total. The van der Waals surface area contributed by atoms with Gasteiger partial charge in [0.15, 0.2) is 0 Å². The molecule has 0 saturated heterocycles. The van der Waals surface area contributed by atoms with E-state index in [9.17, 15) is 9.90 Å². The summed E-state index contributed by atoms with van der Waals surface area (Å²) in [6, 6.07) is 7.21. The fraction of sp³-hybridized carbons (Fsp3) is 0.500. The minimum atomic E-state index is -0.651. The zero-order valence-electron chi connectivity index (χ0n) is 11.4. The number of rotatable bonds is 5. The van der Waals surface area contributed by atoms with Crippen LogP contribution in [0.5, 0.6) is 0 Å². The number of methoxy groups -OCH3 is 1. The highest BCUT2D eigenvalue weighted by molar-refractivity contribution is 5.94. The lowest BCUT2D eigenvalue weighted by Gasteiger charge is -2.29. The second-order valence-electron chi connectivity index (χ2n) is 4.98. The molecule has 18 heavy (non-hydrogen) atoms. The molecule has 0 aliphatic carbocycles. The van der Waals surface area contributed by atoms with Gasteiger partial charge in [-0.1, -0.05) is 12.1 Å². The van der Waals surface area contributed by atoms with Crippen molar-refractivity contribution < 1.29 is 14.6 Å². The Bertz CT molecular complexity index is 396. The first kappa shape index (κ1) is 14.7. The number of carbonyl (C=O) groups is 1. The molecule has 0 aromatic heterocycles. The van der Waals surface area contributed by atoms with Crippen LogP contribution in [0.3, 0.4) is 0 Å². The maximum atomic E-state index is 12.0. The van der Waals surface area contributed by atoms with Crippen LogP contribution in [0, 0.1) is 0 Å². The smallest absolute Gasteiger partial charge is 0.251 e. The van der Waals surface area contributed by atoms with E-state index in [1.165, 1.54) is 0 Å². The van der Waals surface area contributed by atoms with Crippen molar-refractivity contribution in [3.05, 3.63) is 35.4 Å². The van der Waals surface area contributed by atoms with Crippen molar-refractivity contribution in [2.75, 3.05) is 7.11 Å². The van der Waals surface area contributed by atoms with E-state index in [0.29, 0.717) is 12.2 Å². The van der Waals surface area contributed by atoms with Crippen molar-refractivity contribution in [1.82, 2.24) is 5.32 Å². The van der Waals surface area contributed by atoms with E-state index in [1.807, 2.05) is 12.1 Å². The van der Waals surface area contributed by atoms with Crippen molar-refractivity contribution in [1.29, 1.82) is 0 Å². The molecule has 0 aliphatic heterocycles. The van der Waals surface area contributed by atoms with Gasteiger partial charge in [0, 0.05) is 12.7 Å². The Morgan fingerprint density at radius 2 is 1.94 bits per heavy atom. The molecule has 1 atom stereocenters. The second kappa shape index (κ2) is 5.98. The summed E-state index contributed by atoms with van der Waals surface area (Å²) in [6.07, 6.45) is -0.616. The molecule has 4 nitrogen and oxygen atoms in total. The van der Waals surface area contributed by atoms with E-state index in [1.54, 1.807) is 40.0 Å². The van der Waals surface area contributed by atoms with Gasteiger partial charge < -0.3 is 15.2 Å². The standard InChI is InChI=1S/C14H21NO3/c1-10(16)14(2,3)15-13(17)12-7-5-11(6-8-12)9-18-4/h5-8,10,16H,9H2,1-4H3,(H,15,17). The van der Waals surface area contributed by atoms with Crippen molar-refractivity contribution >= 4 is 5.91 Å². The monoisotopic (exact) mass is 251 g/mol. The topological polar surface area (TPSA) is 58.6 Å². The van der Waals surface area contributed by atoms with Crippen molar-refractivity contribution in [3.63, 3.8) is 0 Å². The number of amides is 1. The third-order valence-corrected chi connectivity index (χ3v) is 3.01. The van der Waals surface area contributed by atoms with Gasteiger partial charge in [0.25, 0.3) is 5.91 Å². The molecule has 1 aromatic rings.